The molecule has 0 saturated heterocycles. The number of benzene rings is 9. The summed E-state index contributed by atoms with van der Waals surface area (Å²) in [6.07, 6.45) is 0. The Morgan fingerprint density at radius 3 is 1.54 bits per heavy atom. The van der Waals surface area contributed by atoms with E-state index in [0.29, 0.717) is 0 Å². The highest BCUT2D eigenvalue weighted by atomic mass is 32.1. The van der Waals surface area contributed by atoms with Crippen molar-refractivity contribution in [3.8, 4) is 33.4 Å². The van der Waals surface area contributed by atoms with E-state index in [1.165, 1.54) is 80.8 Å². The number of fused-ring (bicyclic) bond motifs is 6. The topological polar surface area (TPSA) is 3.24 Å². The predicted molar refractivity (Wildman–Crippen MR) is 225 cm³/mol. The van der Waals surface area contributed by atoms with Crippen LogP contribution in [-0.4, -0.2) is 0 Å². The molecule has 0 aliphatic rings. The van der Waals surface area contributed by atoms with Gasteiger partial charge >= 0.3 is 0 Å². The summed E-state index contributed by atoms with van der Waals surface area (Å²) in [6, 6.07) is 72.8. The molecule has 0 aliphatic heterocycles. The smallest absolute Gasteiger partial charge is 0.0554 e. The van der Waals surface area contributed by atoms with Crippen LogP contribution in [0.15, 0.2) is 200 Å². The lowest BCUT2D eigenvalue weighted by Crippen LogP contribution is -2.10. The molecule has 0 bridgehead atoms. The van der Waals surface area contributed by atoms with Gasteiger partial charge in [0.2, 0.25) is 0 Å². The average molecular weight is 680 g/mol. The van der Waals surface area contributed by atoms with E-state index in [2.05, 4.69) is 205 Å². The number of rotatable bonds is 6. The van der Waals surface area contributed by atoms with Crippen LogP contribution in [0.2, 0.25) is 0 Å². The minimum atomic E-state index is 1.13. The van der Waals surface area contributed by atoms with Gasteiger partial charge in [-0.3, -0.25) is 0 Å². The van der Waals surface area contributed by atoms with E-state index in [4.69, 9.17) is 0 Å². The van der Waals surface area contributed by atoms with Crippen molar-refractivity contribution in [2.24, 2.45) is 0 Å². The van der Waals surface area contributed by atoms with E-state index in [0.717, 1.165) is 11.4 Å². The van der Waals surface area contributed by atoms with Crippen molar-refractivity contribution in [3.63, 3.8) is 0 Å². The summed E-state index contributed by atoms with van der Waals surface area (Å²) in [4.78, 5) is 2.40. The maximum Gasteiger partial charge on any atom is 0.0554 e. The third-order valence-corrected chi connectivity index (χ3v) is 11.4. The molecule has 0 fully saturated rings. The van der Waals surface area contributed by atoms with Crippen molar-refractivity contribution in [1.29, 1.82) is 0 Å². The summed E-state index contributed by atoms with van der Waals surface area (Å²) < 4.78 is 2.60. The minimum absolute atomic E-state index is 1.13. The number of thiophene rings is 1. The second kappa shape index (κ2) is 12.7. The normalized spacial score (nSPS) is 11.5. The van der Waals surface area contributed by atoms with Crippen LogP contribution in [0.5, 0.6) is 0 Å². The standard InChI is InChI=1S/C50H33NS/c1-4-15-35(16-5-1)48-42-22-11-10-21-40(42)41-32-29-37(33-44(41)49(48)36-17-6-2-7-18-36)34-27-30-39(31-28-34)51(38-19-8-3-9-20-38)45-24-14-26-47-50(45)43-23-12-13-25-46(43)52-47/h1-33H. The Morgan fingerprint density at radius 2 is 0.827 bits per heavy atom. The molecule has 0 amide bonds. The SMILES string of the molecule is c1ccc(-c2c(-c3ccccc3)c3cc(-c4ccc(N(c5ccccc5)c5cccc6sc7ccccc7c56)cc4)ccc3c3ccccc23)cc1. The van der Waals surface area contributed by atoms with Crippen LogP contribution in [0.4, 0.5) is 17.1 Å². The zero-order chi connectivity index (χ0) is 34.4. The van der Waals surface area contributed by atoms with Crippen LogP contribution in [0, 0.1) is 0 Å². The molecule has 0 N–H and O–H groups in total. The first-order valence-electron chi connectivity index (χ1n) is 17.8. The molecule has 0 aliphatic carbocycles. The van der Waals surface area contributed by atoms with Crippen LogP contribution in [0.3, 0.4) is 0 Å². The van der Waals surface area contributed by atoms with E-state index in [9.17, 15) is 0 Å². The quantitative estimate of drug-likeness (QED) is 0.158. The summed E-state index contributed by atoms with van der Waals surface area (Å²) in [5.41, 5.74) is 10.8. The van der Waals surface area contributed by atoms with Crippen molar-refractivity contribution in [2.45, 2.75) is 0 Å². The number of hydrogen-bond acceptors (Lipinski definition) is 2. The van der Waals surface area contributed by atoms with Gasteiger partial charge in [-0.15, -0.1) is 11.3 Å². The zero-order valence-electron chi connectivity index (χ0n) is 28.4. The van der Waals surface area contributed by atoms with Gasteiger partial charge in [0.1, 0.15) is 0 Å². The summed E-state index contributed by atoms with van der Waals surface area (Å²) in [5, 5.41) is 7.65. The van der Waals surface area contributed by atoms with Gasteiger partial charge in [-0.1, -0.05) is 152 Å². The van der Waals surface area contributed by atoms with Gasteiger partial charge in [0.15, 0.2) is 0 Å². The molecule has 9 aromatic carbocycles. The Labute approximate surface area is 307 Å². The third-order valence-electron chi connectivity index (χ3n) is 10.2. The average Bonchev–Trinajstić information content (AvgIpc) is 3.61. The molecule has 1 aromatic heterocycles. The third kappa shape index (κ3) is 5.07. The molecule has 10 rings (SSSR count). The first-order valence-corrected chi connectivity index (χ1v) is 18.6. The fourth-order valence-electron chi connectivity index (χ4n) is 7.93. The van der Waals surface area contributed by atoms with E-state index >= 15 is 0 Å². The van der Waals surface area contributed by atoms with E-state index in [1.807, 2.05) is 11.3 Å². The van der Waals surface area contributed by atoms with Crippen LogP contribution in [-0.2, 0) is 0 Å². The molecule has 1 nitrogen and oxygen atoms in total. The maximum atomic E-state index is 2.40. The first kappa shape index (κ1) is 30.4. The Balaban J connectivity index is 1.16. The fourth-order valence-corrected chi connectivity index (χ4v) is 9.06. The lowest BCUT2D eigenvalue weighted by Gasteiger charge is -2.26. The molecule has 1 heterocycles. The molecule has 0 spiro atoms. The molecule has 2 heteroatoms. The molecule has 52 heavy (non-hydrogen) atoms. The number of para-hydroxylation sites is 1. The number of hydrogen-bond donors (Lipinski definition) is 0. The van der Waals surface area contributed by atoms with E-state index < -0.39 is 0 Å². The van der Waals surface area contributed by atoms with Crippen LogP contribution in [0.1, 0.15) is 0 Å². The van der Waals surface area contributed by atoms with Gasteiger partial charge in [-0.05, 0) is 103 Å². The summed E-state index contributed by atoms with van der Waals surface area (Å²) >= 11 is 1.86. The Bertz CT molecular complexity index is 2870. The lowest BCUT2D eigenvalue weighted by molar-refractivity contribution is 1.30. The van der Waals surface area contributed by atoms with Gasteiger partial charge in [-0.25, -0.2) is 0 Å². The van der Waals surface area contributed by atoms with E-state index in [-0.39, 0.29) is 0 Å². The van der Waals surface area contributed by atoms with Crippen molar-refractivity contribution in [3.05, 3.63) is 200 Å². The number of nitrogens with zero attached hydrogens (tertiary/aromatic N) is 1. The largest absolute Gasteiger partial charge is 0.310 e. The van der Waals surface area contributed by atoms with Gasteiger partial charge in [0, 0.05) is 31.5 Å². The van der Waals surface area contributed by atoms with Gasteiger partial charge < -0.3 is 4.90 Å². The molecule has 0 saturated carbocycles. The Hall–Kier alpha value is -6.48. The van der Waals surface area contributed by atoms with Gasteiger partial charge in [0.25, 0.3) is 0 Å². The molecule has 0 atom stereocenters. The summed E-state index contributed by atoms with van der Waals surface area (Å²) in [5.74, 6) is 0. The zero-order valence-corrected chi connectivity index (χ0v) is 29.2. The van der Waals surface area contributed by atoms with E-state index in [1.54, 1.807) is 0 Å². The highest BCUT2D eigenvalue weighted by Gasteiger charge is 2.20. The molecule has 0 radical (unpaired) electrons. The van der Waals surface area contributed by atoms with Crippen molar-refractivity contribution in [2.75, 3.05) is 4.90 Å². The predicted octanol–water partition coefficient (Wildman–Crippen LogP) is 14.8. The monoisotopic (exact) mass is 679 g/mol. The molecule has 0 unspecified atom stereocenters. The van der Waals surface area contributed by atoms with Crippen molar-refractivity contribution in [1.82, 2.24) is 0 Å². The lowest BCUT2D eigenvalue weighted by atomic mass is 9.84. The fraction of sp³-hybridized carbons (Fsp3) is 0. The minimum Gasteiger partial charge on any atom is -0.310 e. The molecule has 10 aromatic rings. The number of anilines is 3. The summed E-state index contributed by atoms with van der Waals surface area (Å²) in [7, 11) is 0. The van der Waals surface area contributed by atoms with Gasteiger partial charge in [0.05, 0.1) is 5.69 Å². The second-order valence-corrected chi connectivity index (χ2v) is 14.3. The first-order chi connectivity index (χ1) is 25.8. The van der Waals surface area contributed by atoms with Crippen LogP contribution >= 0.6 is 11.3 Å². The maximum absolute atomic E-state index is 2.40. The molecular weight excluding hydrogens is 647 g/mol. The van der Waals surface area contributed by atoms with Gasteiger partial charge in [-0.2, -0.15) is 0 Å². The Morgan fingerprint density at radius 1 is 0.308 bits per heavy atom. The van der Waals surface area contributed by atoms with Crippen molar-refractivity contribution < 1.29 is 0 Å². The van der Waals surface area contributed by atoms with Crippen LogP contribution in [0.25, 0.3) is 75.1 Å². The molecular formula is C50H33NS. The highest BCUT2D eigenvalue weighted by molar-refractivity contribution is 7.26. The summed E-state index contributed by atoms with van der Waals surface area (Å²) in [6.45, 7) is 0. The highest BCUT2D eigenvalue weighted by Crippen LogP contribution is 2.47. The van der Waals surface area contributed by atoms with Crippen LogP contribution < -0.4 is 4.90 Å². The Kier molecular flexibility index (Phi) is 7.41. The van der Waals surface area contributed by atoms with Crippen molar-refractivity contribution >= 4 is 70.1 Å². The molecule has 244 valence electrons. The second-order valence-electron chi connectivity index (χ2n) is 13.3.